The highest BCUT2D eigenvalue weighted by molar-refractivity contribution is 9.11. The Morgan fingerprint density at radius 2 is 1.85 bits per heavy atom. The van der Waals surface area contributed by atoms with Crippen molar-refractivity contribution in [1.29, 1.82) is 0 Å². The van der Waals surface area contributed by atoms with Gasteiger partial charge in [-0.15, -0.1) is 0 Å². The van der Waals surface area contributed by atoms with Crippen LogP contribution in [-0.4, -0.2) is 43.7 Å². The average molecular weight is 483 g/mol. The molecule has 0 atom stereocenters. The summed E-state index contributed by atoms with van der Waals surface area (Å²) < 4.78 is 7.54. The van der Waals surface area contributed by atoms with Crippen molar-refractivity contribution in [2.45, 2.75) is 6.92 Å². The molecule has 0 saturated carbocycles. The predicted octanol–water partition coefficient (Wildman–Crippen LogP) is 4.96. The van der Waals surface area contributed by atoms with Gasteiger partial charge in [0.2, 0.25) is 0 Å². The normalized spacial score (nSPS) is 14.3. The molecule has 0 unspecified atom stereocenters. The van der Waals surface area contributed by atoms with Gasteiger partial charge in [0.15, 0.2) is 0 Å². The number of benzene rings is 2. The van der Waals surface area contributed by atoms with Gasteiger partial charge in [0.1, 0.15) is 5.75 Å². The summed E-state index contributed by atoms with van der Waals surface area (Å²) in [6, 6.07) is 13.7. The second kappa shape index (κ2) is 8.77. The van der Waals surface area contributed by atoms with E-state index in [-0.39, 0.29) is 6.03 Å². The fourth-order valence-corrected chi connectivity index (χ4v) is 4.08. The third-order valence-corrected chi connectivity index (χ3v) is 5.39. The minimum Gasteiger partial charge on any atom is -0.492 e. The van der Waals surface area contributed by atoms with Crippen LogP contribution in [0.25, 0.3) is 0 Å². The summed E-state index contributed by atoms with van der Waals surface area (Å²) in [7, 11) is 0. The number of ether oxygens (including phenoxy) is 1. The standard InChI is InChI=1S/C19H21Br2N3O2/c1-2-26-18-6-4-3-5-17(18)23-9-11-24(12-10-23)19(25)22-16-8-7-14(20)13-15(16)21/h3-8,13H,2,9-12H2,1H3,(H,22,25). The summed E-state index contributed by atoms with van der Waals surface area (Å²) in [6.45, 7) is 5.51. The van der Waals surface area contributed by atoms with Gasteiger partial charge in [0.05, 0.1) is 18.0 Å². The highest BCUT2D eigenvalue weighted by Gasteiger charge is 2.23. The topological polar surface area (TPSA) is 44.8 Å². The van der Waals surface area contributed by atoms with Gasteiger partial charge in [-0.05, 0) is 53.2 Å². The van der Waals surface area contributed by atoms with Crippen LogP contribution in [0.3, 0.4) is 0 Å². The van der Waals surface area contributed by atoms with Crippen LogP contribution in [0.15, 0.2) is 51.4 Å². The number of nitrogens with one attached hydrogen (secondary N) is 1. The smallest absolute Gasteiger partial charge is 0.321 e. The fraction of sp³-hybridized carbons (Fsp3) is 0.316. The Morgan fingerprint density at radius 3 is 2.54 bits per heavy atom. The van der Waals surface area contributed by atoms with E-state index in [9.17, 15) is 4.79 Å². The number of amides is 2. The number of halogens is 2. The highest BCUT2D eigenvalue weighted by Crippen LogP contribution is 2.29. The lowest BCUT2D eigenvalue weighted by atomic mass is 10.2. The van der Waals surface area contributed by atoms with E-state index in [4.69, 9.17) is 4.74 Å². The lowest BCUT2D eigenvalue weighted by Crippen LogP contribution is -2.50. The Hall–Kier alpha value is -1.73. The van der Waals surface area contributed by atoms with Crippen molar-refractivity contribution >= 4 is 49.3 Å². The molecule has 0 bridgehead atoms. The Labute approximate surface area is 170 Å². The molecule has 26 heavy (non-hydrogen) atoms. The van der Waals surface area contributed by atoms with E-state index in [0.717, 1.165) is 39.2 Å². The molecule has 2 aromatic carbocycles. The molecule has 1 heterocycles. The number of carbonyl (C=O) groups excluding carboxylic acids is 1. The first-order valence-corrected chi connectivity index (χ1v) is 10.1. The summed E-state index contributed by atoms with van der Waals surface area (Å²) in [5.74, 6) is 0.895. The van der Waals surface area contributed by atoms with Crippen molar-refractivity contribution < 1.29 is 9.53 Å². The van der Waals surface area contributed by atoms with Gasteiger partial charge in [0, 0.05) is 35.1 Å². The molecule has 2 aromatic rings. The molecule has 0 aromatic heterocycles. The minimum atomic E-state index is -0.0780. The zero-order valence-corrected chi connectivity index (χ0v) is 17.7. The van der Waals surface area contributed by atoms with Crippen LogP contribution in [0.4, 0.5) is 16.2 Å². The van der Waals surface area contributed by atoms with Crippen LogP contribution in [0.5, 0.6) is 5.75 Å². The number of nitrogens with zero attached hydrogens (tertiary/aromatic N) is 2. The maximum absolute atomic E-state index is 12.6. The van der Waals surface area contributed by atoms with E-state index in [1.807, 2.05) is 48.2 Å². The molecule has 1 aliphatic rings. The maximum Gasteiger partial charge on any atom is 0.321 e. The number of anilines is 2. The first kappa shape index (κ1) is 19.0. The van der Waals surface area contributed by atoms with Crippen molar-refractivity contribution in [2.24, 2.45) is 0 Å². The number of para-hydroxylation sites is 2. The molecule has 138 valence electrons. The molecule has 2 amide bonds. The summed E-state index contributed by atoms with van der Waals surface area (Å²) >= 11 is 6.89. The summed E-state index contributed by atoms with van der Waals surface area (Å²) in [5, 5.41) is 2.97. The Balaban J connectivity index is 1.60. The molecular weight excluding hydrogens is 462 g/mol. The number of carbonyl (C=O) groups is 1. The van der Waals surface area contributed by atoms with Crippen LogP contribution in [0, 0.1) is 0 Å². The van der Waals surface area contributed by atoms with Gasteiger partial charge in [-0.25, -0.2) is 4.79 Å². The maximum atomic E-state index is 12.6. The van der Waals surface area contributed by atoms with Crippen molar-refractivity contribution in [3.8, 4) is 5.75 Å². The fourth-order valence-electron chi connectivity index (χ4n) is 2.93. The van der Waals surface area contributed by atoms with E-state index in [2.05, 4.69) is 48.1 Å². The second-order valence-electron chi connectivity index (χ2n) is 5.93. The van der Waals surface area contributed by atoms with Gasteiger partial charge in [-0.3, -0.25) is 0 Å². The van der Waals surface area contributed by atoms with E-state index < -0.39 is 0 Å². The average Bonchev–Trinajstić information content (AvgIpc) is 2.65. The molecular formula is C19H21Br2N3O2. The van der Waals surface area contributed by atoms with Gasteiger partial charge < -0.3 is 19.9 Å². The number of rotatable bonds is 4. The van der Waals surface area contributed by atoms with Gasteiger partial charge in [-0.1, -0.05) is 28.1 Å². The number of hydrogen-bond donors (Lipinski definition) is 1. The Morgan fingerprint density at radius 1 is 1.12 bits per heavy atom. The highest BCUT2D eigenvalue weighted by atomic mass is 79.9. The molecule has 0 aliphatic carbocycles. The summed E-state index contributed by atoms with van der Waals surface area (Å²) in [5.41, 5.74) is 1.85. The van der Waals surface area contributed by atoms with E-state index >= 15 is 0 Å². The third kappa shape index (κ3) is 4.51. The van der Waals surface area contributed by atoms with Crippen molar-refractivity contribution in [2.75, 3.05) is 43.0 Å². The largest absolute Gasteiger partial charge is 0.492 e. The quantitative estimate of drug-likeness (QED) is 0.669. The van der Waals surface area contributed by atoms with Crippen LogP contribution in [0.2, 0.25) is 0 Å². The molecule has 1 N–H and O–H groups in total. The molecule has 1 saturated heterocycles. The first-order chi connectivity index (χ1) is 12.6. The SMILES string of the molecule is CCOc1ccccc1N1CCN(C(=O)Nc2ccc(Br)cc2Br)CC1. The van der Waals surface area contributed by atoms with E-state index in [1.54, 1.807) is 0 Å². The molecule has 7 heteroatoms. The molecule has 0 spiro atoms. The first-order valence-electron chi connectivity index (χ1n) is 8.56. The zero-order chi connectivity index (χ0) is 18.5. The van der Waals surface area contributed by atoms with Gasteiger partial charge in [0.25, 0.3) is 0 Å². The van der Waals surface area contributed by atoms with Crippen molar-refractivity contribution in [1.82, 2.24) is 4.90 Å². The second-order valence-corrected chi connectivity index (χ2v) is 7.70. The van der Waals surface area contributed by atoms with Gasteiger partial charge >= 0.3 is 6.03 Å². The molecule has 3 rings (SSSR count). The van der Waals surface area contributed by atoms with Crippen molar-refractivity contribution in [3.05, 3.63) is 51.4 Å². The Bertz CT molecular complexity index is 777. The van der Waals surface area contributed by atoms with Crippen LogP contribution in [-0.2, 0) is 0 Å². The van der Waals surface area contributed by atoms with E-state index in [1.165, 1.54) is 0 Å². The number of urea groups is 1. The summed E-state index contributed by atoms with van der Waals surface area (Å²) in [6.07, 6.45) is 0. The van der Waals surface area contributed by atoms with Crippen LogP contribution >= 0.6 is 31.9 Å². The molecule has 1 aliphatic heterocycles. The van der Waals surface area contributed by atoms with Crippen molar-refractivity contribution in [3.63, 3.8) is 0 Å². The predicted molar refractivity (Wildman–Crippen MR) is 112 cm³/mol. The Kier molecular flexibility index (Phi) is 6.43. The molecule has 5 nitrogen and oxygen atoms in total. The van der Waals surface area contributed by atoms with Gasteiger partial charge in [-0.2, -0.15) is 0 Å². The monoisotopic (exact) mass is 481 g/mol. The lowest BCUT2D eigenvalue weighted by Gasteiger charge is -2.36. The third-order valence-electron chi connectivity index (χ3n) is 4.25. The number of hydrogen-bond acceptors (Lipinski definition) is 3. The molecule has 0 radical (unpaired) electrons. The zero-order valence-electron chi connectivity index (χ0n) is 14.5. The van der Waals surface area contributed by atoms with E-state index in [0.29, 0.717) is 19.7 Å². The summed E-state index contributed by atoms with van der Waals surface area (Å²) in [4.78, 5) is 16.7. The van der Waals surface area contributed by atoms with Crippen LogP contribution in [0.1, 0.15) is 6.92 Å². The minimum absolute atomic E-state index is 0.0780. The number of piperazine rings is 1. The lowest BCUT2D eigenvalue weighted by molar-refractivity contribution is 0.208. The molecule has 1 fully saturated rings. The van der Waals surface area contributed by atoms with Crippen LogP contribution < -0.4 is 15.0 Å².